The van der Waals surface area contributed by atoms with E-state index in [1.807, 2.05) is 41.1 Å². The average Bonchev–Trinajstić information content (AvgIpc) is 3.38. The van der Waals surface area contributed by atoms with Crippen molar-refractivity contribution in [2.24, 2.45) is 0 Å². The van der Waals surface area contributed by atoms with Crippen LogP contribution in [0.15, 0.2) is 60.0 Å². The van der Waals surface area contributed by atoms with Crippen molar-refractivity contribution in [2.45, 2.75) is 30.1 Å². The third kappa shape index (κ3) is 3.21. The molecule has 28 heavy (non-hydrogen) atoms. The lowest BCUT2D eigenvalue weighted by molar-refractivity contribution is 0.0147. The van der Waals surface area contributed by atoms with Crippen molar-refractivity contribution in [3.8, 4) is 5.75 Å². The molecular weight excluding hydrogens is 372 g/mol. The number of rotatable bonds is 5. The van der Waals surface area contributed by atoms with E-state index in [4.69, 9.17) is 9.47 Å². The van der Waals surface area contributed by atoms with Gasteiger partial charge in [0.15, 0.2) is 0 Å². The molecule has 0 unspecified atom stereocenters. The predicted octanol–water partition coefficient (Wildman–Crippen LogP) is 4.30. The van der Waals surface area contributed by atoms with Crippen LogP contribution in [0.3, 0.4) is 0 Å². The first-order valence-electron chi connectivity index (χ1n) is 9.31. The van der Waals surface area contributed by atoms with E-state index in [0.717, 1.165) is 45.7 Å². The summed E-state index contributed by atoms with van der Waals surface area (Å²) in [7, 11) is 0. The molecule has 2 atom stereocenters. The number of fused-ring (bicyclic) bond motifs is 2. The lowest BCUT2D eigenvalue weighted by atomic mass is 10.1. The van der Waals surface area contributed by atoms with Gasteiger partial charge in [0.25, 0.3) is 0 Å². The van der Waals surface area contributed by atoms with E-state index in [2.05, 4.69) is 27.2 Å². The summed E-state index contributed by atoms with van der Waals surface area (Å²) in [5.74, 6) is 0.823. The Morgan fingerprint density at radius 3 is 3.07 bits per heavy atom. The van der Waals surface area contributed by atoms with Gasteiger partial charge in [0.2, 0.25) is 0 Å². The van der Waals surface area contributed by atoms with Gasteiger partial charge in [0.05, 0.1) is 22.8 Å². The highest BCUT2D eigenvalue weighted by Gasteiger charge is 2.29. The minimum absolute atomic E-state index is 0.0268. The van der Waals surface area contributed by atoms with E-state index in [-0.39, 0.29) is 12.2 Å². The first kappa shape index (κ1) is 17.5. The van der Waals surface area contributed by atoms with Crippen molar-refractivity contribution in [3.63, 3.8) is 0 Å². The molecule has 0 saturated carbocycles. The largest absolute Gasteiger partial charge is 0.491 e. The molecule has 0 aliphatic carbocycles. The molecule has 0 amide bonds. The van der Waals surface area contributed by atoms with E-state index >= 15 is 0 Å². The molecule has 1 aliphatic rings. The summed E-state index contributed by atoms with van der Waals surface area (Å²) in [6.45, 7) is 0.531. The van der Waals surface area contributed by atoms with Gasteiger partial charge in [-0.25, -0.2) is 9.50 Å². The number of ether oxygens (including phenoxy) is 2. The molecule has 4 heterocycles. The Balaban J connectivity index is 1.27. The third-order valence-electron chi connectivity index (χ3n) is 5.09. The second kappa shape index (κ2) is 7.41. The maximum Gasteiger partial charge on any atom is 0.137 e. The topological polar surface area (TPSA) is 61.5 Å². The van der Waals surface area contributed by atoms with Crippen molar-refractivity contribution >= 4 is 28.2 Å². The molecule has 0 N–H and O–H groups in total. The molecule has 1 aromatic carbocycles. The normalized spacial score (nSPS) is 19.5. The Morgan fingerprint density at radius 2 is 2.14 bits per heavy atom. The number of hydrogen-bond donors (Lipinski definition) is 0. The Morgan fingerprint density at radius 1 is 1.18 bits per heavy atom. The number of benzene rings is 1. The van der Waals surface area contributed by atoms with Gasteiger partial charge in [-0.3, -0.25) is 4.98 Å². The van der Waals surface area contributed by atoms with Gasteiger partial charge in [0, 0.05) is 17.6 Å². The number of hydrogen-bond acceptors (Lipinski definition) is 6. The Bertz CT molecular complexity index is 1130. The van der Waals surface area contributed by atoms with Crippen LogP contribution in [0.5, 0.6) is 5.75 Å². The zero-order valence-electron chi connectivity index (χ0n) is 15.5. The molecule has 1 saturated heterocycles. The molecule has 0 radical (unpaired) electrons. The molecule has 1 fully saturated rings. The maximum absolute atomic E-state index is 6.27. The second-order valence-electron chi connectivity index (χ2n) is 6.82. The van der Waals surface area contributed by atoms with Crippen molar-refractivity contribution in [3.05, 3.63) is 60.7 Å². The molecule has 6 nitrogen and oxygen atoms in total. The van der Waals surface area contributed by atoms with Crippen LogP contribution in [0.1, 0.15) is 24.6 Å². The minimum atomic E-state index is 0.0268. The number of pyridine rings is 1. The smallest absolute Gasteiger partial charge is 0.137 e. The molecule has 142 valence electrons. The monoisotopic (exact) mass is 392 g/mol. The summed E-state index contributed by atoms with van der Waals surface area (Å²) in [4.78, 5) is 8.71. The standard InChI is InChI=1S/C21H20N4O2S/c1-28-21-19-8-7-18(25(19)24-13-23-21)20-9-6-16(27-20)12-26-15-5-4-14-3-2-10-22-17(14)11-15/h2-5,7-8,10-11,13,16,20H,6,9,12H2,1H3/t16-,20+/m0/s1. The zero-order chi connectivity index (χ0) is 18.9. The predicted molar refractivity (Wildman–Crippen MR) is 109 cm³/mol. The van der Waals surface area contributed by atoms with Gasteiger partial charge >= 0.3 is 0 Å². The number of aromatic nitrogens is 4. The first-order chi connectivity index (χ1) is 13.8. The number of nitrogens with zero attached hydrogens (tertiary/aromatic N) is 4. The van der Waals surface area contributed by atoms with E-state index in [1.165, 1.54) is 0 Å². The van der Waals surface area contributed by atoms with Crippen molar-refractivity contribution < 1.29 is 9.47 Å². The van der Waals surface area contributed by atoms with Crippen molar-refractivity contribution in [1.82, 2.24) is 19.6 Å². The summed E-state index contributed by atoms with van der Waals surface area (Å²) in [6.07, 6.45) is 7.44. The van der Waals surface area contributed by atoms with E-state index in [0.29, 0.717) is 6.61 Å². The van der Waals surface area contributed by atoms with Crippen LogP contribution >= 0.6 is 11.8 Å². The lowest BCUT2D eigenvalue weighted by Gasteiger charge is -2.15. The molecule has 0 spiro atoms. The molecule has 5 rings (SSSR count). The summed E-state index contributed by atoms with van der Waals surface area (Å²) >= 11 is 1.62. The Labute approximate surface area is 166 Å². The molecular formula is C21H20N4O2S. The zero-order valence-corrected chi connectivity index (χ0v) is 16.3. The third-order valence-corrected chi connectivity index (χ3v) is 5.79. The summed E-state index contributed by atoms with van der Waals surface area (Å²) < 4.78 is 14.2. The highest BCUT2D eigenvalue weighted by Crippen LogP contribution is 2.34. The summed E-state index contributed by atoms with van der Waals surface area (Å²) in [6, 6.07) is 14.1. The van der Waals surface area contributed by atoms with Gasteiger partial charge in [-0.05, 0) is 49.4 Å². The maximum atomic E-state index is 6.27. The van der Waals surface area contributed by atoms with Crippen molar-refractivity contribution in [1.29, 1.82) is 0 Å². The van der Waals surface area contributed by atoms with Crippen LogP contribution in [0, 0.1) is 0 Å². The van der Waals surface area contributed by atoms with E-state index < -0.39 is 0 Å². The van der Waals surface area contributed by atoms with Crippen LogP contribution in [-0.2, 0) is 4.74 Å². The Hall–Kier alpha value is -2.64. The lowest BCUT2D eigenvalue weighted by Crippen LogP contribution is -2.17. The highest BCUT2D eigenvalue weighted by molar-refractivity contribution is 7.98. The summed E-state index contributed by atoms with van der Waals surface area (Å²) in [5.41, 5.74) is 3.04. The molecule has 0 bridgehead atoms. The first-order valence-corrected chi connectivity index (χ1v) is 10.5. The SMILES string of the molecule is CSc1ncnn2c([C@H]3CC[C@@H](COc4ccc5cccnc5c4)O3)ccc12. The van der Waals surface area contributed by atoms with Crippen LogP contribution in [0.4, 0.5) is 0 Å². The van der Waals surface area contributed by atoms with Crippen LogP contribution in [0.2, 0.25) is 0 Å². The number of thioether (sulfide) groups is 1. The van der Waals surface area contributed by atoms with Crippen LogP contribution in [-0.4, -0.2) is 38.5 Å². The minimum Gasteiger partial charge on any atom is -0.491 e. The fourth-order valence-electron chi connectivity index (χ4n) is 3.70. The van der Waals surface area contributed by atoms with Gasteiger partial charge in [-0.15, -0.1) is 11.8 Å². The summed E-state index contributed by atoms with van der Waals surface area (Å²) in [5, 5.41) is 6.50. The molecule has 7 heteroatoms. The van der Waals surface area contributed by atoms with Gasteiger partial charge in [-0.1, -0.05) is 6.07 Å². The van der Waals surface area contributed by atoms with E-state index in [1.54, 1.807) is 24.3 Å². The quantitative estimate of drug-likeness (QED) is 0.472. The van der Waals surface area contributed by atoms with Crippen molar-refractivity contribution in [2.75, 3.05) is 12.9 Å². The fraction of sp³-hybridized carbons (Fsp3) is 0.286. The van der Waals surface area contributed by atoms with Gasteiger partial charge in [0.1, 0.15) is 29.8 Å². The van der Waals surface area contributed by atoms with Crippen LogP contribution < -0.4 is 4.74 Å². The van der Waals surface area contributed by atoms with Gasteiger partial charge in [-0.2, -0.15) is 5.10 Å². The molecule has 3 aromatic heterocycles. The molecule has 4 aromatic rings. The average molecular weight is 392 g/mol. The Kier molecular flexibility index (Phi) is 4.62. The van der Waals surface area contributed by atoms with Gasteiger partial charge < -0.3 is 9.47 Å². The molecule has 1 aliphatic heterocycles. The van der Waals surface area contributed by atoms with Crippen LogP contribution in [0.25, 0.3) is 16.4 Å². The second-order valence-corrected chi connectivity index (χ2v) is 7.61. The highest BCUT2D eigenvalue weighted by atomic mass is 32.2. The fourth-order valence-corrected chi connectivity index (χ4v) is 4.22. The van der Waals surface area contributed by atoms with E-state index in [9.17, 15) is 0 Å².